The molecular weight excluding hydrogens is 601 g/mol. The summed E-state index contributed by atoms with van der Waals surface area (Å²) in [6, 6.07) is 37.8. The number of thioether (sulfide) groups is 1. The third-order valence-corrected chi connectivity index (χ3v) is 8.05. The van der Waals surface area contributed by atoms with E-state index in [9.17, 15) is 18.8 Å². The van der Waals surface area contributed by atoms with Crippen molar-refractivity contribution in [3.05, 3.63) is 162 Å². The Kier molecular flexibility index (Phi) is 10.6. The first-order chi connectivity index (χ1) is 22.4. The van der Waals surface area contributed by atoms with E-state index in [4.69, 9.17) is 4.74 Å². The Morgan fingerprint density at radius 3 is 2.04 bits per heavy atom. The molecule has 230 valence electrons. The van der Waals surface area contributed by atoms with Gasteiger partial charge in [-0.1, -0.05) is 72.8 Å². The lowest BCUT2D eigenvalue weighted by atomic mass is 10.1. The zero-order chi connectivity index (χ0) is 32.3. The van der Waals surface area contributed by atoms with Crippen molar-refractivity contribution in [3.63, 3.8) is 0 Å². The highest BCUT2D eigenvalue weighted by atomic mass is 32.2. The zero-order valence-electron chi connectivity index (χ0n) is 24.8. The molecule has 0 fully saturated rings. The smallest absolute Gasteiger partial charge is 0.272 e. The number of hydrogen-bond acceptors (Lipinski definition) is 5. The van der Waals surface area contributed by atoms with Crippen molar-refractivity contribution >= 4 is 46.9 Å². The molecule has 0 bridgehead atoms. The molecule has 7 nitrogen and oxygen atoms in total. The van der Waals surface area contributed by atoms with Gasteiger partial charge in [0.15, 0.2) is 0 Å². The van der Waals surface area contributed by atoms with Crippen LogP contribution in [0.5, 0.6) is 5.75 Å². The van der Waals surface area contributed by atoms with Crippen molar-refractivity contribution in [3.8, 4) is 5.75 Å². The molecule has 0 saturated heterocycles. The molecule has 0 aliphatic carbocycles. The van der Waals surface area contributed by atoms with Crippen molar-refractivity contribution in [2.24, 2.45) is 0 Å². The lowest BCUT2D eigenvalue weighted by Crippen LogP contribution is -2.30. The fourth-order valence-electron chi connectivity index (χ4n) is 4.47. The average molecular weight is 632 g/mol. The van der Waals surface area contributed by atoms with E-state index in [-0.39, 0.29) is 11.6 Å². The summed E-state index contributed by atoms with van der Waals surface area (Å²) in [5, 5.41) is 7.88. The fraction of sp³-hybridized carbons (Fsp3) is 0.0541. The van der Waals surface area contributed by atoms with Crippen LogP contribution in [-0.2, 0) is 9.59 Å². The second-order valence-electron chi connectivity index (χ2n) is 10.0. The van der Waals surface area contributed by atoms with Crippen molar-refractivity contribution < 1.29 is 23.5 Å². The number of carbonyl (C=O) groups is 3. The quantitative estimate of drug-likeness (QED) is 0.103. The Hall–Kier alpha value is -5.67. The number of benzene rings is 5. The molecule has 5 rings (SSSR count). The second-order valence-corrected chi connectivity index (χ2v) is 11.2. The van der Waals surface area contributed by atoms with Gasteiger partial charge in [-0.2, -0.15) is 0 Å². The van der Waals surface area contributed by atoms with Gasteiger partial charge in [-0.25, -0.2) is 4.39 Å². The maximum Gasteiger partial charge on any atom is 0.272 e. The fourth-order valence-corrected chi connectivity index (χ4v) is 5.49. The lowest BCUT2D eigenvalue weighted by Gasteiger charge is -2.18. The Labute approximate surface area is 270 Å². The first-order valence-corrected chi connectivity index (χ1v) is 15.2. The molecule has 1 atom stereocenters. The minimum atomic E-state index is -0.579. The molecule has 0 aromatic heterocycles. The maximum absolute atomic E-state index is 13.5. The molecule has 0 radical (unpaired) electrons. The minimum Gasteiger partial charge on any atom is -0.495 e. The van der Waals surface area contributed by atoms with Gasteiger partial charge < -0.3 is 20.7 Å². The largest absolute Gasteiger partial charge is 0.495 e. The highest BCUT2D eigenvalue weighted by Gasteiger charge is 2.23. The van der Waals surface area contributed by atoms with Gasteiger partial charge in [0.25, 0.3) is 11.8 Å². The summed E-state index contributed by atoms with van der Waals surface area (Å²) in [5.74, 6) is -1.11. The lowest BCUT2D eigenvalue weighted by molar-refractivity contribution is -0.116. The molecule has 0 saturated carbocycles. The van der Waals surface area contributed by atoms with Crippen LogP contribution < -0.4 is 20.7 Å². The molecule has 5 aromatic rings. The van der Waals surface area contributed by atoms with E-state index in [1.54, 1.807) is 73.8 Å². The monoisotopic (exact) mass is 631 g/mol. The molecule has 0 heterocycles. The Bertz CT molecular complexity index is 1830. The van der Waals surface area contributed by atoms with Crippen LogP contribution in [0.1, 0.15) is 26.7 Å². The third kappa shape index (κ3) is 8.49. The van der Waals surface area contributed by atoms with Gasteiger partial charge in [0.2, 0.25) is 5.91 Å². The van der Waals surface area contributed by atoms with Crippen LogP contribution in [0.15, 0.2) is 144 Å². The number of nitrogens with one attached hydrogen (secondary N) is 3. The topological polar surface area (TPSA) is 96.5 Å². The molecule has 0 aliphatic rings. The highest BCUT2D eigenvalue weighted by Crippen LogP contribution is 2.37. The number of para-hydroxylation sites is 2. The van der Waals surface area contributed by atoms with E-state index in [0.717, 1.165) is 10.5 Å². The standard InChI is InChI=1S/C37H30FN3O4S/c1-45-33-15-9-8-14-31(33)40-37(44)34(26-10-4-2-5-11-26)46-30-22-20-29(21-23-30)39-36(43)32(24-25-16-18-28(38)19-17-25)41-35(42)27-12-6-3-7-13-27/h2-24,34H,1H3,(H,39,43)(H,40,44)(H,41,42)/b32-24-. The summed E-state index contributed by atoms with van der Waals surface area (Å²) in [5.41, 5.74) is 2.76. The van der Waals surface area contributed by atoms with E-state index >= 15 is 0 Å². The van der Waals surface area contributed by atoms with E-state index in [0.29, 0.717) is 28.3 Å². The number of methoxy groups -OCH3 is 1. The van der Waals surface area contributed by atoms with Gasteiger partial charge in [-0.05, 0) is 77.9 Å². The summed E-state index contributed by atoms with van der Waals surface area (Å²) >= 11 is 1.36. The first kappa shape index (κ1) is 31.7. The van der Waals surface area contributed by atoms with Gasteiger partial charge in [0, 0.05) is 16.1 Å². The summed E-state index contributed by atoms with van der Waals surface area (Å²) < 4.78 is 18.9. The summed E-state index contributed by atoms with van der Waals surface area (Å²) in [4.78, 5) is 40.6. The number of rotatable bonds is 11. The van der Waals surface area contributed by atoms with Crippen molar-refractivity contribution in [1.82, 2.24) is 5.32 Å². The number of halogens is 1. The number of amides is 3. The Balaban J connectivity index is 1.33. The second kappa shape index (κ2) is 15.4. The Morgan fingerprint density at radius 1 is 0.739 bits per heavy atom. The predicted molar refractivity (Wildman–Crippen MR) is 180 cm³/mol. The summed E-state index contributed by atoms with van der Waals surface area (Å²) in [6.45, 7) is 0. The molecule has 9 heteroatoms. The number of anilines is 2. The number of carbonyl (C=O) groups excluding carboxylic acids is 3. The number of hydrogen-bond donors (Lipinski definition) is 3. The van der Waals surface area contributed by atoms with Crippen LogP contribution in [0.25, 0.3) is 6.08 Å². The number of ether oxygens (including phenoxy) is 1. The van der Waals surface area contributed by atoms with Crippen LogP contribution >= 0.6 is 11.8 Å². The summed E-state index contributed by atoms with van der Waals surface area (Å²) in [7, 11) is 1.55. The van der Waals surface area contributed by atoms with Crippen LogP contribution in [0, 0.1) is 5.82 Å². The van der Waals surface area contributed by atoms with Crippen LogP contribution in [-0.4, -0.2) is 24.8 Å². The zero-order valence-corrected chi connectivity index (χ0v) is 25.6. The molecule has 3 amide bonds. The first-order valence-electron chi connectivity index (χ1n) is 14.3. The normalized spacial score (nSPS) is 11.7. The molecule has 5 aromatic carbocycles. The van der Waals surface area contributed by atoms with Gasteiger partial charge in [-0.3, -0.25) is 14.4 Å². The van der Waals surface area contributed by atoms with Crippen molar-refractivity contribution in [1.29, 1.82) is 0 Å². The molecular formula is C37H30FN3O4S. The van der Waals surface area contributed by atoms with Gasteiger partial charge >= 0.3 is 0 Å². The van der Waals surface area contributed by atoms with E-state index < -0.39 is 22.9 Å². The van der Waals surface area contributed by atoms with Gasteiger partial charge in [0.1, 0.15) is 22.5 Å². The van der Waals surface area contributed by atoms with Gasteiger partial charge in [-0.15, -0.1) is 11.8 Å². The minimum absolute atomic E-state index is 0.0175. The van der Waals surface area contributed by atoms with E-state index in [2.05, 4.69) is 16.0 Å². The molecule has 0 spiro atoms. The predicted octanol–water partition coefficient (Wildman–Crippen LogP) is 7.72. The molecule has 0 aliphatic heterocycles. The highest BCUT2D eigenvalue weighted by molar-refractivity contribution is 8.00. The van der Waals surface area contributed by atoms with E-state index in [1.807, 2.05) is 42.5 Å². The average Bonchev–Trinajstić information content (AvgIpc) is 3.09. The summed E-state index contributed by atoms with van der Waals surface area (Å²) in [6.07, 6.45) is 1.48. The van der Waals surface area contributed by atoms with Gasteiger partial charge in [0.05, 0.1) is 12.8 Å². The molecule has 46 heavy (non-hydrogen) atoms. The van der Waals surface area contributed by atoms with Crippen LogP contribution in [0.4, 0.5) is 15.8 Å². The van der Waals surface area contributed by atoms with Crippen molar-refractivity contribution in [2.75, 3.05) is 17.7 Å². The van der Waals surface area contributed by atoms with E-state index in [1.165, 1.54) is 42.1 Å². The Morgan fingerprint density at radius 2 is 1.37 bits per heavy atom. The SMILES string of the molecule is COc1ccccc1NC(=O)C(Sc1ccc(NC(=O)/C(=C/c2ccc(F)cc2)NC(=O)c2ccccc2)cc1)c1ccccc1. The van der Waals surface area contributed by atoms with Crippen LogP contribution in [0.2, 0.25) is 0 Å². The maximum atomic E-state index is 13.5. The van der Waals surface area contributed by atoms with Crippen molar-refractivity contribution in [2.45, 2.75) is 10.1 Å². The van der Waals surface area contributed by atoms with Crippen LogP contribution in [0.3, 0.4) is 0 Å². The molecule has 1 unspecified atom stereocenters. The third-order valence-electron chi connectivity index (χ3n) is 6.78. The molecule has 3 N–H and O–H groups in total.